The van der Waals surface area contributed by atoms with Gasteiger partial charge in [0, 0.05) is 19.0 Å². The zero-order valence-corrected chi connectivity index (χ0v) is 18.7. The molecule has 164 valence electrons. The minimum absolute atomic E-state index is 0.0727. The van der Waals surface area contributed by atoms with Crippen LogP contribution < -0.4 is 16.6 Å². The van der Waals surface area contributed by atoms with Crippen molar-refractivity contribution in [3.8, 4) is 0 Å². The Labute approximate surface area is 187 Å². The summed E-state index contributed by atoms with van der Waals surface area (Å²) >= 11 is 1.59. The molecule has 0 radical (unpaired) electrons. The molecule has 3 heterocycles. The Hall–Kier alpha value is -3.46. The molecular weight excluding hydrogens is 426 g/mol. The van der Waals surface area contributed by atoms with E-state index in [1.165, 1.54) is 40.1 Å². The van der Waals surface area contributed by atoms with Gasteiger partial charge in [-0.25, -0.2) is 9.78 Å². The molecule has 0 saturated heterocycles. The first-order valence-electron chi connectivity index (χ1n) is 10.5. The third-order valence-electron chi connectivity index (χ3n) is 6.12. The Morgan fingerprint density at radius 2 is 1.97 bits per heavy atom. The average Bonchev–Trinajstić information content (AvgIpc) is 3.55. The maximum Gasteiger partial charge on any atom is 0.332 e. The van der Waals surface area contributed by atoms with Crippen LogP contribution in [-0.4, -0.2) is 24.6 Å². The van der Waals surface area contributed by atoms with Gasteiger partial charge in [-0.15, -0.1) is 11.3 Å². The van der Waals surface area contributed by atoms with Gasteiger partial charge in [0.25, 0.3) is 5.56 Å². The van der Waals surface area contributed by atoms with Crippen LogP contribution in [0, 0.1) is 0 Å². The van der Waals surface area contributed by atoms with Crippen LogP contribution in [0.1, 0.15) is 34.0 Å². The number of aromatic nitrogens is 4. The number of rotatable bonds is 5. The molecule has 0 bridgehead atoms. The second-order valence-electron chi connectivity index (χ2n) is 8.15. The normalized spacial score (nSPS) is 13.9. The van der Waals surface area contributed by atoms with Crippen molar-refractivity contribution in [2.24, 2.45) is 14.1 Å². The van der Waals surface area contributed by atoms with E-state index in [4.69, 9.17) is 0 Å². The van der Waals surface area contributed by atoms with Crippen molar-refractivity contribution >= 4 is 28.4 Å². The van der Waals surface area contributed by atoms with Gasteiger partial charge in [-0.3, -0.25) is 18.7 Å². The molecule has 0 aliphatic heterocycles. The van der Waals surface area contributed by atoms with E-state index in [1.54, 1.807) is 18.4 Å². The van der Waals surface area contributed by atoms with E-state index in [0.717, 1.165) is 27.8 Å². The molecule has 5 rings (SSSR count). The van der Waals surface area contributed by atoms with Gasteiger partial charge < -0.3 is 9.88 Å². The molecule has 9 heteroatoms. The van der Waals surface area contributed by atoms with E-state index in [2.05, 4.69) is 28.5 Å². The topological polar surface area (TPSA) is 90.9 Å². The minimum Gasteiger partial charge on any atom is -0.343 e. The van der Waals surface area contributed by atoms with Gasteiger partial charge >= 0.3 is 5.69 Å². The van der Waals surface area contributed by atoms with Crippen LogP contribution in [0.2, 0.25) is 0 Å². The summed E-state index contributed by atoms with van der Waals surface area (Å²) in [5, 5.41) is 5.13. The minimum atomic E-state index is -0.471. The largest absolute Gasteiger partial charge is 0.343 e. The second-order valence-corrected chi connectivity index (χ2v) is 9.13. The number of carbonyl (C=O) groups excluding carboxylic acids is 1. The maximum absolute atomic E-state index is 13.1. The van der Waals surface area contributed by atoms with Crippen LogP contribution in [0.5, 0.6) is 0 Å². The lowest BCUT2D eigenvalue weighted by atomic mass is 10.00. The number of nitrogens with zero attached hydrogens (tertiary/aromatic N) is 4. The van der Waals surface area contributed by atoms with Gasteiger partial charge in [-0.1, -0.05) is 24.3 Å². The van der Waals surface area contributed by atoms with E-state index in [-0.39, 0.29) is 29.7 Å². The zero-order chi connectivity index (χ0) is 22.4. The van der Waals surface area contributed by atoms with E-state index >= 15 is 0 Å². The maximum atomic E-state index is 13.1. The number of nitrogens with one attached hydrogen (secondary N) is 1. The third kappa shape index (κ3) is 3.38. The number of imidazole rings is 1. The standard InChI is InChI=1S/C23H23N5O3S/c1-26-21-20(22(30)27(2)23(26)31)28(13-24-21)12-18(29)25-19(17-7-4-10-32-17)16-9-8-14-5-3-6-15(14)11-16/h4,7-11,13,19H,3,5-6,12H2,1-2H3,(H,25,29). The van der Waals surface area contributed by atoms with Crippen molar-refractivity contribution in [1.82, 2.24) is 24.0 Å². The fourth-order valence-electron chi connectivity index (χ4n) is 4.42. The first-order valence-corrected chi connectivity index (χ1v) is 11.4. The fraction of sp³-hybridized carbons (Fsp3) is 0.304. The molecule has 0 spiro atoms. The van der Waals surface area contributed by atoms with Crippen LogP contribution in [-0.2, 0) is 38.3 Å². The smallest absolute Gasteiger partial charge is 0.332 e. The summed E-state index contributed by atoms with van der Waals surface area (Å²) in [5.41, 5.74) is 3.36. The highest BCUT2D eigenvalue weighted by atomic mass is 32.1. The second kappa shape index (κ2) is 7.90. The predicted molar refractivity (Wildman–Crippen MR) is 123 cm³/mol. The summed E-state index contributed by atoms with van der Waals surface area (Å²) in [6.45, 7) is -0.0727. The number of benzene rings is 1. The molecule has 1 aliphatic rings. The highest BCUT2D eigenvalue weighted by molar-refractivity contribution is 7.10. The number of aryl methyl sites for hydroxylation is 3. The van der Waals surface area contributed by atoms with Gasteiger partial charge in [-0.2, -0.15) is 0 Å². The fourth-order valence-corrected chi connectivity index (χ4v) is 5.23. The molecule has 1 aromatic carbocycles. The molecule has 1 aliphatic carbocycles. The summed E-state index contributed by atoms with van der Waals surface area (Å²) in [6.07, 6.45) is 4.77. The Bertz CT molecular complexity index is 1450. The third-order valence-corrected chi connectivity index (χ3v) is 7.06. The number of hydrogen-bond acceptors (Lipinski definition) is 5. The quantitative estimate of drug-likeness (QED) is 0.504. The SMILES string of the molecule is Cn1c(=O)c2c(ncn2CC(=O)NC(c2ccc3c(c2)CCC3)c2cccs2)n(C)c1=O. The molecule has 1 N–H and O–H groups in total. The highest BCUT2D eigenvalue weighted by Crippen LogP contribution is 2.30. The Morgan fingerprint density at radius 3 is 2.75 bits per heavy atom. The van der Waals surface area contributed by atoms with Crippen LogP contribution >= 0.6 is 11.3 Å². The van der Waals surface area contributed by atoms with E-state index in [9.17, 15) is 14.4 Å². The van der Waals surface area contributed by atoms with Crippen LogP contribution in [0.4, 0.5) is 0 Å². The Morgan fingerprint density at radius 1 is 1.16 bits per heavy atom. The van der Waals surface area contributed by atoms with Gasteiger partial charge in [0.1, 0.15) is 6.54 Å². The lowest BCUT2D eigenvalue weighted by Crippen LogP contribution is -2.38. The molecule has 8 nitrogen and oxygen atoms in total. The Kier molecular flexibility index (Phi) is 5.05. The zero-order valence-electron chi connectivity index (χ0n) is 17.9. The Balaban J connectivity index is 1.46. The molecule has 32 heavy (non-hydrogen) atoms. The summed E-state index contributed by atoms with van der Waals surface area (Å²) < 4.78 is 3.84. The van der Waals surface area contributed by atoms with Crippen LogP contribution in [0.25, 0.3) is 11.2 Å². The van der Waals surface area contributed by atoms with Gasteiger partial charge in [-0.05, 0) is 47.4 Å². The van der Waals surface area contributed by atoms with E-state index in [1.807, 2.05) is 17.5 Å². The number of fused-ring (bicyclic) bond motifs is 2. The van der Waals surface area contributed by atoms with E-state index < -0.39 is 11.2 Å². The molecule has 3 aromatic heterocycles. The average molecular weight is 450 g/mol. The van der Waals surface area contributed by atoms with Crippen molar-refractivity contribution in [2.75, 3.05) is 0 Å². The molecule has 0 fully saturated rings. The molecule has 1 atom stereocenters. The highest BCUT2D eigenvalue weighted by Gasteiger charge is 2.22. The van der Waals surface area contributed by atoms with Crippen LogP contribution in [0.15, 0.2) is 51.6 Å². The first-order chi connectivity index (χ1) is 15.4. The first kappa shape index (κ1) is 20.4. The number of hydrogen-bond donors (Lipinski definition) is 1. The van der Waals surface area contributed by atoms with Crippen molar-refractivity contribution < 1.29 is 4.79 Å². The van der Waals surface area contributed by atoms with Gasteiger partial charge in [0.05, 0.1) is 12.4 Å². The predicted octanol–water partition coefficient (Wildman–Crippen LogP) is 1.89. The number of thiophene rings is 1. The monoisotopic (exact) mass is 449 g/mol. The van der Waals surface area contributed by atoms with Gasteiger partial charge in [0.15, 0.2) is 11.2 Å². The van der Waals surface area contributed by atoms with Crippen LogP contribution in [0.3, 0.4) is 0 Å². The lowest BCUT2D eigenvalue weighted by molar-refractivity contribution is -0.122. The molecular formula is C23H23N5O3S. The van der Waals surface area contributed by atoms with E-state index in [0.29, 0.717) is 0 Å². The van der Waals surface area contributed by atoms with Crippen molar-refractivity contribution in [3.63, 3.8) is 0 Å². The molecule has 1 unspecified atom stereocenters. The lowest BCUT2D eigenvalue weighted by Gasteiger charge is -2.19. The van der Waals surface area contributed by atoms with Gasteiger partial charge in [0.2, 0.25) is 5.91 Å². The summed E-state index contributed by atoms with van der Waals surface area (Å²) in [5.74, 6) is -0.237. The number of carbonyl (C=O) groups is 1. The van der Waals surface area contributed by atoms with Crippen molar-refractivity contribution in [1.29, 1.82) is 0 Å². The molecule has 4 aromatic rings. The summed E-state index contributed by atoms with van der Waals surface area (Å²) in [4.78, 5) is 43.1. The van der Waals surface area contributed by atoms with Crippen molar-refractivity contribution in [3.05, 3.63) is 84.4 Å². The molecule has 0 saturated carbocycles. The summed E-state index contributed by atoms with van der Waals surface area (Å²) in [6, 6.07) is 10.2. The van der Waals surface area contributed by atoms with Crippen molar-refractivity contribution in [2.45, 2.75) is 31.8 Å². The molecule has 1 amide bonds. The summed E-state index contributed by atoms with van der Waals surface area (Å²) in [7, 11) is 2.98. The number of amides is 1.